The van der Waals surface area contributed by atoms with Gasteiger partial charge < -0.3 is 4.42 Å². The fourth-order valence-corrected chi connectivity index (χ4v) is 2.58. The van der Waals surface area contributed by atoms with Gasteiger partial charge in [0.2, 0.25) is 0 Å². The van der Waals surface area contributed by atoms with Crippen molar-refractivity contribution in [1.82, 2.24) is 9.97 Å². The molecular formula is C10H5ClN2OS. The van der Waals surface area contributed by atoms with E-state index in [-0.39, 0.29) is 0 Å². The van der Waals surface area contributed by atoms with E-state index < -0.39 is 0 Å². The predicted molar refractivity (Wildman–Crippen MR) is 60.1 cm³/mol. The van der Waals surface area contributed by atoms with E-state index in [9.17, 15) is 0 Å². The van der Waals surface area contributed by atoms with Crippen LogP contribution in [-0.4, -0.2) is 9.97 Å². The molecule has 15 heavy (non-hydrogen) atoms. The minimum atomic E-state index is 0.489. The highest BCUT2D eigenvalue weighted by Gasteiger charge is 2.09. The standard InChI is InChI=1S/C10H5ClN2OS/c11-10-9-6(12-5-13-10)4-8(15-9)7-2-1-3-14-7/h1-5H. The molecular weight excluding hydrogens is 232 g/mol. The molecule has 0 saturated carbocycles. The predicted octanol–water partition coefficient (Wildman–Crippen LogP) is 3.60. The Morgan fingerprint density at radius 2 is 2.27 bits per heavy atom. The van der Waals surface area contributed by atoms with Crippen molar-refractivity contribution in [3.05, 3.63) is 35.9 Å². The molecule has 0 bridgehead atoms. The van der Waals surface area contributed by atoms with Crippen molar-refractivity contribution in [2.45, 2.75) is 0 Å². The molecule has 0 aliphatic rings. The summed E-state index contributed by atoms with van der Waals surface area (Å²) in [5, 5.41) is 0.489. The average molecular weight is 237 g/mol. The quantitative estimate of drug-likeness (QED) is 0.606. The zero-order chi connectivity index (χ0) is 10.3. The number of nitrogens with zero attached hydrogens (tertiary/aromatic N) is 2. The van der Waals surface area contributed by atoms with Crippen LogP contribution in [0.25, 0.3) is 20.9 Å². The lowest BCUT2D eigenvalue weighted by Crippen LogP contribution is -1.76. The molecule has 3 rings (SSSR count). The van der Waals surface area contributed by atoms with E-state index in [0.29, 0.717) is 5.15 Å². The monoisotopic (exact) mass is 236 g/mol. The van der Waals surface area contributed by atoms with Gasteiger partial charge in [0.1, 0.15) is 17.2 Å². The summed E-state index contributed by atoms with van der Waals surface area (Å²) in [6.45, 7) is 0. The summed E-state index contributed by atoms with van der Waals surface area (Å²) < 4.78 is 6.20. The number of halogens is 1. The van der Waals surface area contributed by atoms with Gasteiger partial charge in [-0.15, -0.1) is 11.3 Å². The van der Waals surface area contributed by atoms with Crippen LogP contribution in [0.1, 0.15) is 0 Å². The first-order valence-corrected chi connectivity index (χ1v) is 5.48. The molecule has 0 fully saturated rings. The Balaban J connectivity index is 2.27. The van der Waals surface area contributed by atoms with Crippen molar-refractivity contribution in [3.63, 3.8) is 0 Å². The molecule has 3 aromatic rings. The first-order valence-electron chi connectivity index (χ1n) is 4.28. The van der Waals surface area contributed by atoms with E-state index in [1.807, 2.05) is 18.2 Å². The van der Waals surface area contributed by atoms with Crippen LogP contribution < -0.4 is 0 Å². The summed E-state index contributed by atoms with van der Waals surface area (Å²) in [5.41, 5.74) is 0.853. The Labute approximate surface area is 94.3 Å². The van der Waals surface area contributed by atoms with Crippen molar-refractivity contribution in [2.75, 3.05) is 0 Å². The lowest BCUT2D eigenvalue weighted by Gasteiger charge is -1.88. The minimum absolute atomic E-state index is 0.489. The molecule has 0 amide bonds. The maximum absolute atomic E-state index is 5.96. The topological polar surface area (TPSA) is 38.9 Å². The molecule has 0 aromatic carbocycles. The Morgan fingerprint density at radius 3 is 3.00 bits per heavy atom. The highest BCUT2D eigenvalue weighted by Crippen LogP contribution is 2.35. The van der Waals surface area contributed by atoms with Gasteiger partial charge in [-0.2, -0.15) is 0 Å². The smallest absolute Gasteiger partial charge is 0.150 e. The van der Waals surface area contributed by atoms with Crippen molar-refractivity contribution < 1.29 is 4.42 Å². The Kier molecular flexibility index (Phi) is 1.97. The van der Waals surface area contributed by atoms with Crippen LogP contribution in [0, 0.1) is 0 Å². The summed E-state index contributed by atoms with van der Waals surface area (Å²) in [5.74, 6) is 0.828. The molecule has 3 heterocycles. The van der Waals surface area contributed by atoms with E-state index in [1.165, 1.54) is 17.7 Å². The third-order valence-corrected chi connectivity index (χ3v) is 3.58. The zero-order valence-electron chi connectivity index (χ0n) is 7.48. The number of furan rings is 1. The lowest BCUT2D eigenvalue weighted by atomic mass is 10.3. The highest BCUT2D eigenvalue weighted by molar-refractivity contribution is 7.22. The molecule has 5 heteroatoms. The largest absolute Gasteiger partial charge is 0.464 e. The number of hydrogen-bond donors (Lipinski definition) is 0. The molecule has 0 radical (unpaired) electrons. The first kappa shape index (κ1) is 8.88. The van der Waals surface area contributed by atoms with Gasteiger partial charge in [-0.05, 0) is 18.2 Å². The van der Waals surface area contributed by atoms with E-state index in [2.05, 4.69) is 9.97 Å². The van der Waals surface area contributed by atoms with Crippen LogP contribution in [0.3, 0.4) is 0 Å². The van der Waals surface area contributed by atoms with E-state index in [4.69, 9.17) is 16.0 Å². The van der Waals surface area contributed by atoms with Crippen LogP contribution in [0.4, 0.5) is 0 Å². The second-order valence-corrected chi connectivity index (χ2v) is 4.38. The van der Waals surface area contributed by atoms with Crippen LogP contribution in [-0.2, 0) is 0 Å². The van der Waals surface area contributed by atoms with Crippen LogP contribution in [0.15, 0.2) is 35.2 Å². The Bertz CT molecular complexity index is 603. The number of hydrogen-bond acceptors (Lipinski definition) is 4. The number of rotatable bonds is 1. The summed E-state index contributed by atoms with van der Waals surface area (Å²) >= 11 is 7.49. The molecule has 0 atom stereocenters. The molecule has 3 nitrogen and oxygen atoms in total. The Hall–Kier alpha value is -1.39. The number of fused-ring (bicyclic) bond motifs is 1. The van der Waals surface area contributed by atoms with Crippen LogP contribution in [0.2, 0.25) is 5.15 Å². The van der Waals surface area contributed by atoms with Crippen molar-refractivity contribution in [3.8, 4) is 10.6 Å². The van der Waals surface area contributed by atoms with Gasteiger partial charge in [-0.25, -0.2) is 9.97 Å². The molecule has 0 N–H and O–H groups in total. The molecule has 0 spiro atoms. The maximum Gasteiger partial charge on any atom is 0.150 e. The zero-order valence-corrected chi connectivity index (χ0v) is 9.05. The SMILES string of the molecule is Clc1ncnc2cc(-c3ccco3)sc12. The molecule has 0 aliphatic heterocycles. The van der Waals surface area contributed by atoms with Gasteiger partial charge >= 0.3 is 0 Å². The molecule has 74 valence electrons. The summed E-state index contributed by atoms with van der Waals surface area (Å²) in [6, 6.07) is 5.71. The molecule has 0 unspecified atom stereocenters. The van der Waals surface area contributed by atoms with E-state index in [0.717, 1.165) is 20.9 Å². The number of thiophene rings is 1. The van der Waals surface area contributed by atoms with Crippen LogP contribution in [0.5, 0.6) is 0 Å². The van der Waals surface area contributed by atoms with Gasteiger partial charge in [-0.1, -0.05) is 11.6 Å². The third kappa shape index (κ3) is 1.42. The minimum Gasteiger partial charge on any atom is -0.464 e. The fraction of sp³-hybridized carbons (Fsp3) is 0. The average Bonchev–Trinajstić information content (AvgIpc) is 2.86. The van der Waals surface area contributed by atoms with Gasteiger partial charge in [0.15, 0.2) is 0 Å². The fourth-order valence-electron chi connectivity index (χ4n) is 1.37. The number of aromatic nitrogens is 2. The highest BCUT2D eigenvalue weighted by atomic mass is 35.5. The van der Waals surface area contributed by atoms with E-state index in [1.54, 1.807) is 6.26 Å². The maximum atomic E-state index is 5.96. The summed E-state index contributed by atoms with van der Waals surface area (Å²) in [6.07, 6.45) is 3.11. The summed E-state index contributed by atoms with van der Waals surface area (Å²) in [4.78, 5) is 9.09. The third-order valence-electron chi connectivity index (χ3n) is 2.03. The van der Waals surface area contributed by atoms with Gasteiger partial charge in [0, 0.05) is 0 Å². The van der Waals surface area contributed by atoms with Crippen LogP contribution >= 0.6 is 22.9 Å². The lowest BCUT2D eigenvalue weighted by molar-refractivity contribution is 0.584. The normalized spacial score (nSPS) is 11.0. The second kappa shape index (κ2) is 3.32. The molecule has 0 saturated heterocycles. The molecule has 0 aliphatic carbocycles. The van der Waals surface area contributed by atoms with Crippen molar-refractivity contribution in [2.24, 2.45) is 0 Å². The van der Waals surface area contributed by atoms with Gasteiger partial charge in [-0.3, -0.25) is 0 Å². The van der Waals surface area contributed by atoms with Crippen molar-refractivity contribution >= 4 is 33.2 Å². The Morgan fingerprint density at radius 1 is 1.33 bits per heavy atom. The van der Waals surface area contributed by atoms with Crippen molar-refractivity contribution in [1.29, 1.82) is 0 Å². The van der Waals surface area contributed by atoms with Gasteiger partial charge in [0.25, 0.3) is 0 Å². The van der Waals surface area contributed by atoms with Gasteiger partial charge in [0.05, 0.1) is 21.4 Å². The second-order valence-electron chi connectivity index (χ2n) is 2.97. The summed E-state index contributed by atoms with van der Waals surface area (Å²) in [7, 11) is 0. The molecule has 3 aromatic heterocycles. The first-order chi connectivity index (χ1) is 7.34. The van der Waals surface area contributed by atoms with E-state index >= 15 is 0 Å².